The van der Waals surface area contributed by atoms with Gasteiger partial charge in [-0.15, -0.1) is 0 Å². The summed E-state index contributed by atoms with van der Waals surface area (Å²) >= 11 is 0. The lowest BCUT2D eigenvalue weighted by molar-refractivity contribution is -0.150. The van der Waals surface area contributed by atoms with Crippen LogP contribution in [0.15, 0.2) is 0 Å². The second-order valence-electron chi connectivity index (χ2n) is 6.12. The van der Waals surface area contributed by atoms with Crippen LogP contribution in [0.4, 0.5) is 30.7 Å². The highest BCUT2D eigenvalue weighted by atomic mass is 19.4. The number of aliphatic hydroxyl groups is 1. The Bertz CT molecular complexity index is 589. The number of hydrogen-bond donors (Lipinski definition) is 1. The second-order valence-corrected chi connectivity index (χ2v) is 6.12. The predicted molar refractivity (Wildman–Crippen MR) is 69.9 cm³/mol. The van der Waals surface area contributed by atoms with Crippen LogP contribution in [-0.4, -0.2) is 26.7 Å². The van der Waals surface area contributed by atoms with Crippen molar-refractivity contribution in [2.24, 2.45) is 0 Å². The molecule has 0 radical (unpaired) electrons. The van der Waals surface area contributed by atoms with E-state index in [2.05, 4.69) is 5.10 Å². The summed E-state index contributed by atoms with van der Waals surface area (Å²) in [5.74, 6) is -6.54. The van der Waals surface area contributed by atoms with Gasteiger partial charge in [-0.1, -0.05) is 0 Å². The smallest absolute Gasteiger partial charge is 0.382 e. The molecular formula is C14H17F7N2O. The Morgan fingerprint density at radius 2 is 1.83 bits per heavy atom. The number of halogens is 7. The van der Waals surface area contributed by atoms with E-state index >= 15 is 0 Å². The maximum Gasteiger partial charge on any atom is 0.435 e. The first-order chi connectivity index (χ1) is 10.8. The molecule has 1 heterocycles. The lowest BCUT2D eigenvalue weighted by Gasteiger charge is -2.28. The van der Waals surface area contributed by atoms with Gasteiger partial charge in [0.1, 0.15) is 6.10 Å². The zero-order chi connectivity index (χ0) is 18.3. The van der Waals surface area contributed by atoms with Gasteiger partial charge in [0, 0.05) is 30.6 Å². The van der Waals surface area contributed by atoms with Gasteiger partial charge in [-0.3, -0.25) is 4.68 Å². The molecule has 2 rings (SSSR count). The molecule has 3 nitrogen and oxygen atoms in total. The third kappa shape index (κ3) is 4.01. The van der Waals surface area contributed by atoms with Crippen LogP contribution < -0.4 is 0 Å². The molecule has 0 aromatic carbocycles. The average molecular weight is 362 g/mol. The Labute approximate surface area is 133 Å². The standard InChI is InChI=1S/C14H17F7N2O/c1-12(15,16)5-2-3-7-23-8-4-6-13(17,18)11(24)9(8)10(22-23)14(19,20)21/h11,24H,2-7H2,1H3/t11-/m0/s1. The molecule has 1 aliphatic rings. The van der Waals surface area contributed by atoms with Crippen LogP contribution in [-0.2, 0) is 19.1 Å². The lowest BCUT2D eigenvalue weighted by atomic mass is 9.89. The molecule has 0 amide bonds. The fourth-order valence-corrected chi connectivity index (χ4v) is 2.79. The van der Waals surface area contributed by atoms with Gasteiger partial charge in [0.15, 0.2) is 5.69 Å². The maximum absolute atomic E-state index is 13.6. The van der Waals surface area contributed by atoms with Gasteiger partial charge >= 0.3 is 6.18 Å². The predicted octanol–water partition coefficient (Wildman–Crippen LogP) is 4.34. The van der Waals surface area contributed by atoms with Crippen molar-refractivity contribution in [2.75, 3.05) is 0 Å². The second kappa shape index (κ2) is 6.20. The number of alkyl halides is 7. The monoisotopic (exact) mass is 362 g/mol. The Kier molecular flexibility index (Phi) is 4.91. The highest BCUT2D eigenvalue weighted by Gasteiger charge is 2.51. The Hall–Kier alpha value is -1.32. The normalized spacial score (nSPS) is 21.0. The molecule has 0 fully saturated rings. The average Bonchev–Trinajstić information content (AvgIpc) is 2.77. The van der Waals surface area contributed by atoms with Gasteiger partial charge in [0.25, 0.3) is 5.92 Å². The number of rotatable bonds is 5. The van der Waals surface area contributed by atoms with Gasteiger partial charge in [-0.2, -0.15) is 18.3 Å². The Morgan fingerprint density at radius 3 is 2.38 bits per heavy atom. The van der Waals surface area contributed by atoms with Crippen molar-refractivity contribution in [3.8, 4) is 0 Å². The third-order valence-electron chi connectivity index (χ3n) is 3.97. The molecule has 10 heteroatoms. The fraction of sp³-hybridized carbons (Fsp3) is 0.786. The quantitative estimate of drug-likeness (QED) is 0.625. The summed E-state index contributed by atoms with van der Waals surface area (Å²) in [5.41, 5.74) is -2.55. The van der Waals surface area contributed by atoms with Crippen LogP contribution in [0.5, 0.6) is 0 Å². The first-order valence-electron chi connectivity index (χ1n) is 7.43. The topological polar surface area (TPSA) is 38.0 Å². The molecule has 0 saturated carbocycles. The molecule has 1 aromatic rings. The van der Waals surface area contributed by atoms with Gasteiger partial charge in [0.2, 0.25) is 5.92 Å². The number of fused-ring (bicyclic) bond motifs is 1. The van der Waals surface area contributed by atoms with E-state index in [0.29, 0.717) is 0 Å². The lowest BCUT2D eigenvalue weighted by Crippen LogP contribution is -2.33. The zero-order valence-corrected chi connectivity index (χ0v) is 12.8. The van der Waals surface area contributed by atoms with E-state index in [4.69, 9.17) is 0 Å². The van der Waals surface area contributed by atoms with Crippen LogP contribution >= 0.6 is 0 Å². The molecule has 1 aliphatic carbocycles. The number of unbranched alkanes of at least 4 members (excludes halogenated alkanes) is 1. The summed E-state index contributed by atoms with van der Waals surface area (Å²) in [6, 6.07) is 0. The SMILES string of the molecule is CC(F)(F)CCCCn1nc(C(F)(F)F)c2c1CCC(F)(F)[C@H]2O. The van der Waals surface area contributed by atoms with Gasteiger partial charge in [0.05, 0.1) is 0 Å². The number of hydrogen-bond acceptors (Lipinski definition) is 2. The van der Waals surface area contributed by atoms with Crippen molar-refractivity contribution in [3.05, 3.63) is 17.0 Å². The minimum atomic E-state index is -4.99. The van der Waals surface area contributed by atoms with Gasteiger partial charge in [-0.25, -0.2) is 17.6 Å². The minimum Gasteiger partial charge on any atom is -0.382 e. The molecule has 1 aromatic heterocycles. The van der Waals surface area contributed by atoms with E-state index < -0.39 is 48.2 Å². The first kappa shape index (κ1) is 19.0. The molecule has 1 N–H and O–H groups in total. The molecule has 0 spiro atoms. The van der Waals surface area contributed by atoms with Crippen LogP contribution in [0.3, 0.4) is 0 Å². The van der Waals surface area contributed by atoms with E-state index in [9.17, 15) is 35.8 Å². The van der Waals surface area contributed by atoms with Crippen molar-refractivity contribution >= 4 is 0 Å². The van der Waals surface area contributed by atoms with Crippen molar-refractivity contribution < 1.29 is 35.8 Å². The molecule has 0 aliphatic heterocycles. The van der Waals surface area contributed by atoms with E-state index in [1.54, 1.807) is 0 Å². The van der Waals surface area contributed by atoms with Gasteiger partial charge < -0.3 is 5.11 Å². The van der Waals surface area contributed by atoms with Crippen LogP contribution in [0, 0.1) is 0 Å². The summed E-state index contributed by atoms with van der Waals surface area (Å²) in [7, 11) is 0. The zero-order valence-electron chi connectivity index (χ0n) is 12.8. The summed E-state index contributed by atoms with van der Waals surface area (Å²) in [5, 5.41) is 12.9. The highest BCUT2D eigenvalue weighted by molar-refractivity contribution is 5.35. The third-order valence-corrected chi connectivity index (χ3v) is 3.97. The van der Waals surface area contributed by atoms with E-state index in [0.717, 1.165) is 11.6 Å². The molecule has 1 atom stereocenters. The molecule has 138 valence electrons. The largest absolute Gasteiger partial charge is 0.435 e. The fourth-order valence-electron chi connectivity index (χ4n) is 2.79. The summed E-state index contributed by atoms with van der Waals surface area (Å²) < 4.78 is 92.6. The van der Waals surface area contributed by atoms with Crippen LogP contribution in [0.1, 0.15) is 55.7 Å². The highest BCUT2D eigenvalue weighted by Crippen LogP contribution is 2.46. The van der Waals surface area contributed by atoms with E-state index in [1.807, 2.05) is 0 Å². The number of aliphatic hydroxyl groups excluding tert-OH is 1. The van der Waals surface area contributed by atoms with Crippen molar-refractivity contribution in [1.29, 1.82) is 0 Å². The summed E-state index contributed by atoms with van der Waals surface area (Å²) in [4.78, 5) is 0. The summed E-state index contributed by atoms with van der Waals surface area (Å²) in [6.07, 6.45) is -8.97. The molecular weight excluding hydrogens is 345 g/mol. The minimum absolute atomic E-state index is 0.0538. The van der Waals surface area contributed by atoms with E-state index in [1.165, 1.54) is 0 Å². The molecule has 0 bridgehead atoms. The van der Waals surface area contributed by atoms with Crippen molar-refractivity contribution in [1.82, 2.24) is 9.78 Å². The number of aromatic nitrogens is 2. The maximum atomic E-state index is 13.6. The molecule has 24 heavy (non-hydrogen) atoms. The van der Waals surface area contributed by atoms with Crippen molar-refractivity contribution in [3.63, 3.8) is 0 Å². The van der Waals surface area contributed by atoms with Crippen LogP contribution in [0.2, 0.25) is 0 Å². The Balaban J connectivity index is 2.25. The summed E-state index contributed by atoms with van der Waals surface area (Å²) in [6.45, 7) is 0.635. The van der Waals surface area contributed by atoms with E-state index in [-0.39, 0.29) is 31.5 Å². The van der Waals surface area contributed by atoms with Gasteiger partial charge in [-0.05, 0) is 26.2 Å². The molecule has 0 unspecified atom stereocenters. The Morgan fingerprint density at radius 1 is 1.21 bits per heavy atom. The number of aryl methyl sites for hydroxylation is 1. The first-order valence-corrected chi connectivity index (χ1v) is 7.43. The molecule has 0 saturated heterocycles. The van der Waals surface area contributed by atoms with Crippen LogP contribution in [0.25, 0.3) is 0 Å². The number of nitrogens with zero attached hydrogens (tertiary/aromatic N) is 2. The van der Waals surface area contributed by atoms with Crippen molar-refractivity contribution in [2.45, 2.75) is 69.7 Å².